The number of hydrogen-bond donors (Lipinski definition) is 1. The first-order valence-electron chi connectivity index (χ1n) is 9.65. The number of rotatable bonds is 8. The smallest absolute Gasteiger partial charge is 0.258 e. The van der Waals surface area contributed by atoms with Gasteiger partial charge in [-0.25, -0.2) is 0 Å². The second-order valence-electron chi connectivity index (χ2n) is 6.52. The van der Waals surface area contributed by atoms with Crippen molar-refractivity contribution < 1.29 is 14.3 Å². The molecular weight excluding hydrogens is 386 g/mol. The first-order valence-corrected chi connectivity index (χ1v) is 10.5. The van der Waals surface area contributed by atoms with Gasteiger partial charge in [-0.2, -0.15) is 0 Å². The molecule has 150 valence electrons. The minimum atomic E-state index is -0.392. The molecule has 3 heterocycles. The maximum Gasteiger partial charge on any atom is 0.258 e. The lowest BCUT2D eigenvalue weighted by Gasteiger charge is -2.27. The van der Waals surface area contributed by atoms with Gasteiger partial charge in [-0.05, 0) is 49.6 Å². The van der Waals surface area contributed by atoms with Crippen molar-refractivity contribution in [1.82, 2.24) is 9.88 Å². The van der Waals surface area contributed by atoms with Crippen LogP contribution in [-0.2, 0) is 6.54 Å². The van der Waals surface area contributed by atoms with E-state index in [0.29, 0.717) is 31.1 Å². The fourth-order valence-corrected chi connectivity index (χ4v) is 4.13. The summed E-state index contributed by atoms with van der Waals surface area (Å²) in [5, 5.41) is 5.50. The van der Waals surface area contributed by atoms with Crippen LogP contribution in [0, 0.1) is 0 Å². The predicted molar refractivity (Wildman–Crippen MR) is 114 cm³/mol. The second-order valence-corrected chi connectivity index (χ2v) is 7.55. The summed E-state index contributed by atoms with van der Waals surface area (Å²) in [4.78, 5) is 20.5. The van der Waals surface area contributed by atoms with E-state index >= 15 is 0 Å². The van der Waals surface area contributed by atoms with Crippen LogP contribution in [0.1, 0.15) is 40.9 Å². The van der Waals surface area contributed by atoms with E-state index in [0.717, 1.165) is 22.0 Å². The highest BCUT2D eigenvalue weighted by atomic mass is 32.1. The number of aromatic nitrogens is 1. The molecule has 1 aliphatic heterocycles. The largest absolute Gasteiger partial charge is 0.494 e. The number of nitrogens with one attached hydrogen (secondary N) is 1. The Labute approximate surface area is 174 Å². The average Bonchev–Trinajstić information content (AvgIpc) is 3.33. The van der Waals surface area contributed by atoms with Crippen molar-refractivity contribution in [3.05, 3.63) is 70.2 Å². The van der Waals surface area contributed by atoms with Gasteiger partial charge in [0.2, 0.25) is 0 Å². The van der Waals surface area contributed by atoms with Crippen LogP contribution in [0.5, 0.6) is 11.5 Å². The van der Waals surface area contributed by atoms with Crippen molar-refractivity contribution in [2.45, 2.75) is 26.6 Å². The Kier molecular flexibility index (Phi) is 5.67. The van der Waals surface area contributed by atoms with Gasteiger partial charge in [0.1, 0.15) is 17.7 Å². The van der Waals surface area contributed by atoms with Gasteiger partial charge in [-0.1, -0.05) is 6.07 Å². The molecule has 1 atom stereocenters. The molecule has 0 spiro atoms. The molecule has 0 saturated heterocycles. The summed E-state index contributed by atoms with van der Waals surface area (Å²) >= 11 is 1.63. The minimum Gasteiger partial charge on any atom is -0.494 e. The van der Waals surface area contributed by atoms with Crippen LogP contribution < -0.4 is 14.8 Å². The standard InChI is InChI=1S/C22H23N3O3S/c1-3-27-15-9-10-19(28-4-2)18(13-15)24-21-20-17(8-5-11-23-20)22(26)25(21)14-16-7-6-12-29-16/h5-13,21,24H,3-4,14H2,1-2H3/t21-/m0/s1. The fourth-order valence-electron chi connectivity index (χ4n) is 3.42. The van der Waals surface area contributed by atoms with Gasteiger partial charge >= 0.3 is 0 Å². The third kappa shape index (κ3) is 3.91. The molecule has 0 radical (unpaired) electrons. The van der Waals surface area contributed by atoms with Gasteiger partial charge in [0.15, 0.2) is 0 Å². The van der Waals surface area contributed by atoms with E-state index < -0.39 is 6.17 Å². The Balaban J connectivity index is 1.71. The normalized spacial score (nSPS) is 15.3. The molecule has 0 unspecified atom stereocenters. The summed E-state index contributed by atoms with van der Waals surface area (Å²) < 4.78 is 11.5. The maximum absolute atomic E-state index is 13.1. The molecule has 1 amide bonds. The summed E-state index contributed by atoms with van der Waals surface area (Å²) in [5.74, 6) is 1.43. The van der Waals surface area contributed by atoms with Crippen molar-refractivity contribution in [2.24, 2.45) is 0 Å². The second kappa shape index (κ2) is 8.53. The molecule has 3 aromatic rings. The molecule has 1 aliphatic rings. The van der Waals surface area contributed by atoms with E-state index in [1.165, 1.54) is 0 Å². The van der Waals surface area contributed by atoms with Crippen LogP contribution in [-0.4, -0.2) is 29.0 Å². The van der Waals surface area contributed by atoms with E-state index in [4.69, 9.17) is 9.47 Å². The topological polar surface area (TPSA) is 63.7 Å². The summed E-state index contributed by atoms with van der Waals surface area (Å²) in [6, 6.07) is 13.3. The number of fused-ring (bicyclic) bond motifs is 1. The van der Waals surface area contributed by atoms with Crippen LogP contribution >= 0.6 is 11.3 Å². The number of hydrogen-bond acceptors (Lipinski definition) is 6. The lowest BCUT2D eigenvalue weighted by Crippen LogP contribution is -2.32. The van der Waals surface area contributed by atoms with Gasteiger partial charge in [0, 0.05) is 17.1 Å². The summed E-state index contributed by atoms with van der Waals surface area (Å²) in [7, 11) is 0. The van der Waals surface area contributed by atoms with Crippen LogP contribution in [0.25, 0.3) is 0 Å². The average molecular weight is 410 g/mol. The molecular formula is C22H23N3O3S. The first-order chi connectivity index (χ1) is 14.2. The van der Waals surface area contributed by atoms with E-state index in [1.54, 1.807) is 23.6 Å². The number of nitrogens with zero attached hydrogens (tertiary/aromatic N) is 2. The van der Waals surface area contributed by atoms with Gasteiger partial charge in [0.05, 0.1) is 36.7 Å². The van der Waals surface area contributed by atoms with Crippen molar-refractivity contribution in [2.75, 3.05) is 18.5 Å². The Morgan fingerprint density at radius 2 is 2.00 bits per heavy atom. The van der Waals surface area contributed by atoms with E-state index in [9.17, 15) is 4.79 Å². The number of carbonyl (C=O) groups excluding carboxylic acids is 1. The molecule has 2 aromatic heterocycles. The minimum absolute atomic E-state index is 0.0297. The molecule has 0 aliphatic carbocycles. The molecule has 0 bridgehead atoms. The lowest BCUT2D eigenvalue weighted by molar-refractivity contribution is 0.0729. The zero-order valence-electron chi connectivity index (χ0n) is 16.4. The molecule has 6 nitrogen and oxygen atoms in total. The highest BCUT2D eigenvalue weighted by molar-refractivity contribution is 7.09. The Morgan fingerprint density at radius 1 is 1.14 bits per heavy atom. The van der Waals surface area contributed by atoms with E-state index in [1.807, 2.05) is 60.5 Å². The number of benzene rings is 1. The van der Waals surface area contributed by atoms with E-state index in [2.05, 4.69) is 10.3 Å². The van der Waals surface area contributed by atoms with Crippen LogP contribution in [0.4, 0.5) is 5.69 Å². The SMILES string of the molecule is CCOc1ccc(OCC)c(N[C@@H]2c3ncccc3C(=O)N2Cc2cccs2)c1. The number of amides is 1. The maximum atomic E-state index is 13.1. The molecule has 4 rings (SSSR count). The molecule has 0 saturated carbocycles. The van der Waals surface area contributed by atoms with Gasteiger partial charge in [-0.3, -0.25) is 9.78 Å². The molecule has 29 heavy (non-hydrogen) atoms. The van der Waals surface area contributed by atoms with Crippen molar-refractivity contribution in [3.8, 4) is 11.5 Å². The number of thiophene rings is 1. The number of carbonyl (C=O) groups is 1. The predicted octanol–water partition coefficient (Wildman–Crippen LogP) is 4.71. The van der Waals surface area contributed by atoms with Gasteiger partial charge < -0.3 is 19.7 Å². The monoisotopic (exact) mass is 409 g/mol. The van der Waals surface area contributed by atoms with Crippen molar-refractivity contribution in [3.63, 3.8) is 0 Å². The van der Waals surface area contributed by atoms with Gasteiger partial charge in [0.25, 0.3) is 5.91 Å². The van der Waals surface area contributed by atoms with Crippen LogP contribution in [0.3, 0.4) is 0 Å². The summed E-state index contributed by atoms with van der Waals surface area (Å²) in [5.41, 5.74) is 2.11. The Morgan fingerprint density at radius 3 is 2.76 bits per heavy atom. The zero-order chi connectivity index (χ0) is 20.2. The highest BCUT2D eigenvalue weighted by Gasteiger charge is 2.38. The molecule has 1 aromatic carbocycles. The number of pyridine rings is 1. The molecule has 0 fully saturated rings. The quantitative estimate of drug-likeness (QED) is 0.584. The third-order valence-electron chi connectivity index (χ3n) is 4.66. The fraction of sp³-hybridized carbons (Fsp3) is 0.273. The number of ether oxygens (including phenoxy) is 2. The zero-order valence-corrected chi connectivity index (χ0v) is 17.2. The lowest BCUT2D eigenvalue weighted by atomic mass is 10.2. The highest BCUT2D eigenvalue weighted by Crippen LogP contribution is 2.38. The summed E-state index contributed by atoms with van der Waals surface area (Å²) in [6.07, 6.45) is 1.33. The van der Waals surface area contributed by atoms with Crippen molar-refractivity contribution >= 4 is 22.9 Å². The third-order valence-corrected chi connectivity index (χ3v) is 5.52. The first kappa shape index (κ1) is 19.3. The van der Waals surface area contributed by atoms with E-state index in [-0.39, 0.29) is 5.91 Å². The van der Waals surface area contributed by atoms with Crippen LogP contribution in [0.15, 0.2) is 54.0 Å². The molecule has 7 heteroatoms. The van der Waals surface area contributed by atoms with Crippen LogP contribution in [0.2, 0.25) is 0 Å². The Bertz CT molecular complexity index is 991. The Hall–Kier alpha value is -3.06. The summed E-state index contributed by atoms with van der Waals surface area (Å²) in [6.45, 7) is 5.52. The molecule has 1 N–H and O–H groups in total. The number of anilines is 1. The van der Waals surface area contributed by atoms with Gasteiger partial charge in [-0.15, -0.1) is 11.3 Å². The van der Waals surface area contributed by atoms with Crippen molar-refractivity contribution in [1.29, 1.82) is 0 Å².